The molecule has 2 fully saturated rings. The molecule has 0 aliphatic carbocycles. The van der Waals surface area contributed by atoms with Crippen molar-refractivity contribution in [1.82, 2.24) is 20.3 Å². The number of hydrogen-bond acceptors (Lipinski definition) is 9. The molecular formula is C31H31F3N6O3S. The number of aromatic nitrogens is 3. The van der Waals surface area contributed by atoms with Crippen LogP contribution in [0.1, 0.15) is 30.9 Å². The molecule has 2 aliphatic rings. The number of anilines is 2. The molecule has 0 bridgehead atoms. The van der Waals surface area contributed by atoms with E-state index in [1.54, 1.807) is 23.9 Å². The van der Waals surface area contributed by atoms with Crippen LogP contribution in [0.25, 0.3) is 22.0 Å². The minimum atomic E-state index is -4.72. The lowest BCUT2D eigenvalue weighted by molar-refractivity contribution is -0.198. The van der Waals surface area contributed by atoms with E-state index in [-0.39, 0.29) is 22.8 Å². The lowest BCUT2D eigenvalue weighted by Gasteiger charge is -2.39. The number of nitrogens with one attached hydrogen (secondary N) is 1. The highest BCUT2D eigenvalue weighted by Gasteiger charge is 2.45. The number of fused-ring (bicyclic) bond motifs is 1. The van der Waals surface area contributed by atoms with Gasteiger partial charge in [-0.1, -0.05) is 36.4 Å². The van der Waals surface area contributed by atoms with Crippen molar-refractivity contribution in [2.24, 2.45) is 5.41 Å². The zero-order valence-corrected chi connectivity index (χ0v) is 24.7. The summed E-state index contributed by atoms with van der Waals surface area (Å²) in [6.45, 7) is 1.72. The summed E-state index contributed by atoms with van der Waals surface area (Å²) in [6.07, 6.45) is -3.06. The van der Waals surface area contributed by atoms with Crippen LogP contribution in [0.4, 0.5) is 24.9 Å². The number of benzene rings is 2. The van der Waals surface area contributed by atoms with Crippen molar-refractivity contribution >= 4 is 40.4 Å². The van der Waals surface area contributed by atoms with Crippen LogP contribution in [-0.2, 0) is 4.79 Å². The Morgan fingerprint density at radius 3 is 2.45 bits per heavy atom. The van der Waals surface area contributed by atoms with E-state index in [0.717, 1.165) is 27.1 Å². The average molecular weight is 625 g/mol. The SMILES string of the molecule is CSc1ccc2cc(-c3ccc([C@@H](Oc4cc(N5CCC6(CC5)CNC(C(=O)O)C6)nc(N)n4)C(F)(F)F)cc3)ccc2n1. The summed E-state index contributed by atoms with van der Waals surface area (Å²) in [4.78, 5) is 26.1. The van der Waals surface area contributed by atoms with Crippen LogP contribution >= 0.6 is 11.8 Å². The van der Waals surface area contributed by atoms with Crippen LogP contribution in [0.15, 0.2) is 65.7 Å². The number of hydrogen-bond donors (Lipinski definition) is 3. The van der Waals surface area contributed by atoms with Gasteiger partial charge in [-0.15, -0.1) is 11.8 Å². The topological polar surface area (TPSA) is 126 Å². The molecule has 4 aromatic rings. The van der Waals surface area contributed by atoms with E-state index < -0.39 is 24.3 Å². The summed E-state index contributed by atoms with van der Waals surface area (Å²) in [5, 5.41) is 14.3. The van der Waals surface area contributed by atoms with Crippen molar-refractivity contribution in [1.29, 1.82) is 0 Å². The summed E-state index contributed by atoms with van der Waals surface area (Å²) in [5.74, 6) is -0.966. The molecule has 1 spiro atoms. The van der Waals surface area contributed by atoms with Gasteiger partial charge in [0, 0.05) is 36.7 Å². The molecule has 9 nitrogen and oxygen atoms in total. The van der Waals surface area contributed by atoms with E-state index in [1.165, 1.54) is 18.2 Å². The van der Waals surface area contributed by atoms with Crippen LogP contribution in [0.5, 0.6) is 5.88 Å². The van der Waals surface area contributed by atoms with Gasteiger partial charge in [-0.3, -0.25) is 4.79 Å². The molecule has 13 heteroatoms. The zero-order valence-electron chi connectivity index (χ0n) is 23.8. The number of piperidine rings is 1. The molecular weight excluding hydrogens is 593 g/mol. The lowest BCUT2D eigenvalue weighted by atomic mass is 9.76. The Balaban J connectivity index is 1.19. The van der Waals surface area contributed by atoms with Gasteiger partial charge in [-0.2, -0.15) is 23.1 Å². The molecule has 2 atom stereocenters. The monoisotopic (exact) mass is 624 g/mol. The Labute approximate surface area is 256 Å². The van der Waals surface area contributed by atoms with Gasteiger partial charge in [0.2, 0.25) is 17.9 Å². The van der Waals surface area contributed by atoms with Crippen LogP contribution in [0.2, 0.25) is 0 Å². The smallest absolute Gasteiger partial charge is 0.429 e. The minimum Gasteiger partial charge on any atom is -0.480 e. The Kier molecular flexibility index (Phi) is 8.01. The van der Waals surface area contributed by atoms with Gasteiger partial charge >= 0.3 is 12.1 Å². The predicted octanol–water partition coefficient (Wildman–Crippen LogP) is 5.71. The Hall–Kier alpha value is -4.10. The number of carboxylic acids is 1. The molecule has 230 valence electrons. The highest BCUT2D eigenvalue weighted by atomic mass is 32.2. The van der Waals surface area contributed by atoms with Crippen molar-refractivity contribution < 1.29 is 27.8 Å². The Morgan fingerprint density at radius 2 is 1.80 bits per heavy atom. The maximum Gasteiger partial charge on any atom is 0.429 e. The van der Waals surface area contributed by atoms with Gasteiger partial charge in [-0.05, 0) is 60.3 Å². The number of alkyl halides is 3. The third-order valence-electron chi connectivity index (χ3n) is 8.47. The number of thioether (sulfide) groups is 1. The molecule has 2 saturated heterocycles. The molecule has 0 radical (unpaired) electrons. The summed E-state index contributed by atoms with van der Waals surface area (Å²) >= 11 is 1.55. The number of rotatable bonds is 7. The van der Waals surface area contributed by atoms with Gasteiger partial charge in [0.05, 0.1) is 10.5 Å². The van der Waals surface area contributed by atoms with E-state index >= 15 is 0 Å². The first-order valence-corrected chi connectivity index (χ1v) is 15.4. The van der Waals surface area contributed by atoms with Crippen molar-refractivity contribution in [3.8, 4) is 17.0 Å². The lowest BCUT2D eigenvalue weighted by Crippen LogP contribution is -2.41. The largest absolute Gasteiger partial charge is 0.480 e. The van der Waals surface area contributed by atoms with E-state index in [1.807, 2.05) is 41.5 Å². The van der Waals surface area contributed by atoms with Gasteiger partial charge in [0.15, 0.2) is 0 Å². The van der Waals surface area contributed by atoms with Crippen molar-refractivity contribution in [2.75, 3.05) is 36.5 Å². The maximum atomic E-state index is 14.3. The number of carboxylic acid groups (broad SMARTS) is 1. The zero-order chi connectivity index (χ0) is 31.1. The first-order chi connectivity index (χ1) is 21.0. The molecule has 2 aromatic carbocycles. The summed E-state index contributed by atoms with van der Waals surface area (Å²) in [7, 11) is 0. The fourth-order valence-corrected chi connectivity index (χ4v) is 6.42. The minimum absolute atomic E-state index is 0.0753. The molecule has 0 saturated carbocycles. The van der Waals surface area contributed by atoms with Crippen molar-refractivity contribution in [3.05, 3.63) is 66.2 Å². The molecule has 2 aliphatic heterocycles. The number of carbonyl (C=O) groups is 1. The normalized spacial score (nSPS) is 18.9. The quantitative estimate of drug-likeness (QED) is 0.220. The van der Waals surface area contributed by atoms with Crippen LogP contribution < -0.4 is 20.7 Å². The molecule has 4 N–H and O–H groups in total. The van der Waals surface area contributed by atoms with Gasteiger partial charge in [-0.25, -0.2) is 4.98 Å². The van der Waals surface area contributed by atoms with Gasteiger partial charge in [0.25, 0.3) is 0 Å². The van der Waals surface area contributed by atoms with Crippen LogP contribution in [0, 0.1) is 5.41 Å². The number of nitrogens with two attached hydrogens (primary N) is 1. The fraction of sp³-hybridized carbons (Fsp3) is 0.355. The Bertz CT molecular complexity index is 1680. The molecule has 2 aromatic heterocycles. The molecule has 4 heterocycles. The van der Waals surface area contributed by atoms with Gasteiger partial charge in [0.1, 0.15) is 11.9 Å². The van der Waals surface area contributed by atoms with E-state index in [0.29, 0.717) is 44.7 Å². The highest BCUT2D eigenvalue weighted by molar-refractivity contribution is 7.98. The second-order valence-electron chi connectivity index (χ2n) is 11.3. The third kappa shape index (κ3) is 6.25. The number of pyridine rings is 1. The van der Waals surface area contributed by atoms with E-state index in [9.17, 15) is 23.1 Å². The summed E-state index contributed by atoms with van der Waals surface area (Å²) in [6, 6.07) is 16.6. The Morgan fingerprint density at radius 1 is 1.07 bits per heavy atom. The second kappa shape index (κ2) is 11.8. The first-order valence-electron chi connectivity index (χ1n) is 14.2. The second-order valence-corrected chi connectivity index (χ2v) is 12.1. The van der Waals surface area contributed by atoms with Crippen LogP contribution in [-0.4, -0.2) is 64.1 Å². The van der Waals surface area contributed by atoms with Gasteiger partial charge < -0.3 is 25.8 Å². The standard InChI is InChI=1S/C31H31F3N6O3S/c1-44-26-9-7-21-14-20(6-8-22(21)37-26)18-2-4-19(5-3-18)27(31(32,33)34)43-25-15-24(38-29(35)39-25)40-12-10-30(11-13-40)16-23(28(41)42)36-17-30/h2-9,14-15,23,27,36H,10-13,16-17H2,1H3,(H,41,42)(H2,35,38,39)/t23?,27-/m1/s1. The van der Waals surface area contributed by atoms with E-state index in [2.05, 4.69) is 20.3 Å². The number of ether oxygens (including phenoxy) is 1. The molecule has 0 amide bonds. The fourth-order valence-electron chi connectivity index (χ4n) is 6.03. The number of nitrogen functional groups attached to an aromatic ring is 1. The highest BCUT2D eigenvalue weighted by Crippen LogP contribution is 2.41. The third-order valence-corrected chi connectivity index (χ3v) is 9.11. The number of aliphatic carboxylic acids is 1. The van der Waals surface area contributed by atoms with Crippen LogP contribution in [0.3, 0.4) is 0 Å². The molecule has 1 unspecified atom stereocenters. The first kappa shape index (κ1) is 29.9. The van der Waals surface area contributed by atoms with Crippen molar-refractivity contribution in [2.45, 2.75) is 42.6 Å². The maximum absolute atomic E-state index is 14.3. The average Bonchev–Trinajstić information content (AvgIpc) is 3.42. The predicted molar refractivity (Wildman–Crippen MR) is 163 cm³/mol. The molecule has 44 heavy (non-hydrogen) atoms. The van der Waals surface area contributed by atoms with Crippen molar-refractivity contribution in [3.63, 3.8) is 0 Å². The summed E-state index contributed by atoms with van der Waals surface area (Å²) < 4.78 is 48.4. The number of nitrogens with zero attached hydrogens (tertiary/aromatic N) is 4. The molecule has 6 rings (SSSR count). The summed E-state index contributed by atoms with van der Waals surface area (Å²) in [5.41, 5.74) is 8.16. The number of halogens is 3. The van der Waals surface area contributed by atoms with E-state index in [4.69, 9.17) is 10.5 Å².